The summed E-state index contributed by atoms with van der Waals surface area (Å²) < 4.78 is 0. The molecule has 1 heterocycles. The number of nitrogens with one attached hydrogen (secondary N) is 2. The van der Waals surface area contributed by atoms with Crippen molar-refractivity contribution >= 4 is 11.8 Å². The fourth-order valence-electron chi connectivity index (χ4n) is 2.72. The van der Waals surface area contributed by atoms with E-state index in [-0.39, 0.29) is 17.5 Å². The van der Waals surface area contributed by atoms with Gasteiger partial charge in [-0.05, 0) is 44.9 Å². The number of hydrogen-bond donors (Lipinski definition) is 2. The Morgan fingerprint density at radius 2 is 1.36 bits per heavy atom. The molecular weight excluding hydrogens is 412 g/mol. The van der Waals surface area contributed by atoms with E-state index >= 15 is 0 Å². The normalized spacial score (nSPS) is 12.0. The van der Waals surface area contributed by atoms with E-state index in [0.717, 1.165) is 44.9 Å². The molecule has 0 atom stereocenters. The Kier molecular flexibility index (Phi) is 17.3. The quantitative estimate of drug-likeness (QED) is 0.251. The first-order valence-electron chi connectivity index (χ1n) is 11.8. The van der Waals surface area contributed by atoms with E-state index in [0.29, 0.717) is 19.5 Å². The van der Waals surface area contributed by atoms with Gasteiger partial charge in [-0.1, -0.05) is 67.7 Å². The molecule has 0 unspecified atom stereocenters. The molecule has 0 saturated heterocycles. The monoisotopic (exact) mass is 450 g/mol. The molecule has 33 heavy (non-hydrogen) atoms. The Bertz CT molecular complexity index is 796. The summed E-state index contributed by atoms with van der Waals surface area (Å²) in [4.78, 5) is 31.4. The van der Waals surface area contributed by atoms with Crippen LogP contribution in [0.5, 0.6) is 0 Å². The predicted octanol–water partition coefficient (Wildman–Crippen LogP) is 5.24. The first-order valence-corrected chi connectivity index (χ1v) is 11.8. The van der Waals surface area contributed by atoms with Gasteiger partial charge in [-0.25, -0.2) is 4.98 Å². The Balaban J connectivity index is 1.95. The maximum Gasteiger partial charge on any atom is 0.271 e. The van der Waals surface area contributed by atoms with Crippen molar-refractivity contribution in [3.63, 3.8) is 0 Å². The average molecular weight is 451 g/mol. The highest BCUT2D eigenvalue weighted by Gasteiger charge is 2.06. The molecule has 6 heteroatoms. The maximum absolute atomic E-state index is 11.8. The van der Waals surface area contributed by atoms with Gasteiger partial charge in [0.05, 0.1) is 6.20 Å². The van der Waals surface area contributed by atoms with Gasteiger partial charge in [0.25, 0.3) is 5.91 Å². The van der Waals surface area contributed by atoms with Gasteiger partial charge in [0.15, 0.2) is 0 Å². The number of nitrogens with zero attached hydrogens (tertiary/aromatic N) is 2. The second-order valence-electron chi connectivity index (χ2n) is 7.30. The second-order valence-corrected chi connectivity index (χ2v) is 7.30. The highest BCUT2D eigenvalue weighted by Crippen LogP contribution is 1.99. The lowest BCUT2D eigenvalue weighted by Crippen LogP contribution is -2.34. The standard InChI is InChI=1S/C27H38N4O2/c1-2-3-4-5-6-7-8-9-10-11-12-13-14-15-16-17-18-19-26(32)30-22-23-31-27(33)25-24-28-20-21-29-25/h3-4,6-7,9-10,12-13,15-16,20-21,24H,2,5,8,11,14,17-19,22-23H2,1H3,(H,30,32)(H,31,33)/b4-3-,7-6-,10-9-,13-12-,16-15-. The number of amides is 2. The van der Waals surface area contributed by atoms with Crippen molar-refractivity contribution in [3.05, 3.63) is 85.0 Å². The van der Waals surface area contributed by atoms with Crippen LogP contribution in [0.1, 0.15) is 68.8 Å². The zero-order chi connectivity index (χ0) is 23.8. The molecule has 0 radical (unpaired) electrons. The number of carbonyl (C=O) groups is 2. The smallest absolute Gasteiger partial charge is 0.271 e. The van der Waals surface area contributed by atoms with Crippen LogP contribution in [0.3, 0.4) is 0 Å². The minimum Gasteiger partial charge on any atom is -0.354 e. The Labute approximate surface area is 198 Å². The molecular formula is C27H38N4O2. The minimum absolute atomic E-state index is 0.00361. The first-order chi connectivity index (χ1) is 16.2. The van der Waals surface area contributed by atoms with Gasteiger partial charge in [-0.3, -0.25) is 14.6 Å². The summed E-state index contributed by atoms with van der Waals surface area (Å²) in [7, 11) is 0. The fourth-order valence-corrected chi connectivity index (χ4v) is 2.72. The summed E-state index contributed by atoms with van der Waals surface area (Å²) in [5.74, 6) is -0.299. The van der Waals surface area contributed by atoms with Crippen LogP contribution in [0.2, 0.25) is 0 Å². The highest BCUT2D eigenvalue weighted by molar-refractivity contribution is 5.91. The molecule has 2 N–H and O–H groups in total. The Morgan fingerprint density at radius 1 is 0.788 bits per heavy atom. The van der Waals surface area contributed by atoms with Crippen LogP contribution in [-0.4, -0.2) is 34.9 Å². The van der Waals surface area contributed by atoms with Crippen molar-refractivity contribution in [2.45, 2.75) is 58.3 Å². The molecule has 178 valence electrons. The summed E-state index contributed by atoms with van der Waals surface area (Å²) >= 11 is 0. The molecule has 6 nitrogen and oxygen atoms in total. The van der Waals surface area contributed by atoms with E-state index in [1.54, 1.807) is 0 Å². The number of allylic oxidation sites excluding steroid dienone is 10. The lowest BCUT2D eigenvalue weighted by molar-refractivity contribution is -0.121. The number of carbonyl (C=O) groups excluding carboxylic acids is 2. The SMILES string of the molecule is CC/C=C\C/C=C\C/C=C\C/C=C\C/C=C\CCCC(=O)NCCNC(=O)c1cnccn1. The van der Waals surface area contributed by atoms with E-state index in [1.807, 2.05) is 0 Å². The summed E-state index contributed by atoms with van der Waals surface area (Å²) in [5, 5.41) is 5.50. The predicted molar refractivity (Wildman–Crippen MR) is 136 cm³/mol. The van der Waals surface area contributed by atoms with Crippen molar-refractivity contribution in [2.24, 2.45) is 0 Å². The molecule has 0 bridgehead atoms. The van der Waals surface area contributed by atoms with Crippen LogP contribution in [0, 0.1) is 0 Å². The molecule has 2 amide bonds. The molecule has 0 aromatic carbocycles. The molecule has 1 aromatic heterocycles. The number of rotatable bonds is 17. The lowest BCUT2D eigenvalue weighted by Gasteiger charge is -2.06. The van der Waals surface area contributed by atoms with Crippen LogP contribution in [0.25, 0.3) is 0 Å². The second kappa shape index (κ2) is 20.6. The largest absolute Gasteiger partial charge is 0.354 e. The third kappa shape index (κ3) is 17.0. The van der Waals surface area contributed by atoms with Gasteiger partial charge in [-0.15, -0.1) is 0 Å². The van der Waals surface area contributed by atoms with E-state index in [1.165, 1.54) is 18.6 Å². The minimum atomic E-state index is -0.296. The average Bonchev–Trinajstić information content (AvgIpc) is 2.84. The highest BCUT2D eigenvalue weighted by atomic mass is 16.2. The first kappa shape index (κ1) is 27.8. The van der Waals surface area contributed by atoms with Crippen molar-refractivity contribution in [3.8, 4) is 0 Å². The summed E-state index contributed by atoms with van der Waals surface area (Å²) in [6.07, 6.45) is 33.3. The van der Waals surface area contributed by atoms with Crippen molar-refractivity contribution in [1.29, 1.82) is 0 Å². The number of aromatic nitrogens is 2. The van der Waals surface area contributed by atoms with Crippen molar-refractivity contribution < 1.29 is 9.59 Å². The van der Waals surface area contributed by atoms with Crippen molar-refractivity contribution in [1.82, 2.24) is 20.6 Å². The van der Waals surface area contributed by atoms with Crippen molar-refractivity contribution in [2.75, 3.05) is 13.1 Å². The molecule has 0 aliphatic carbocycles. The molecule has 1 rings (SSSR count). The van der Waals surface area contributed by atoms with Crippen LogP contribution in [-0.2, 0) is 4.79 Å². The van der Waals surface area contributed by atoms with E-state index in [2.05, 4.69) is 88.3 Å². The topological polar surface area (TPSA) is 84.0 Å². The summed E-state index contributed by atoms with van der Waals surface area (Å²) in [6, 6.07) is 0. The van der Waals surface area contributed by atoms with Gasteiger partial charge in [0.2, 0.25) is 5.91 Å². The van der Waals surface area contributed by atoms with Gasteiger partial charge >= 0.3 is 0 Å². The lowest BCUT2D eigenvalue weighted by atomic mass is 10.2. The molecule has 0 fully saturated rings. The van der Waals surface area contributed by atoms with Crippen LogP contribution < -0.4 is 10.6 Å². The van der Waals surface area contributed by atoms with E-state index in [9.17, 15) is 9.59 Å². The molecule has 0 saturated carbocycles. The maximum atomic E-state index is 11.8. The summed E-state index contributed by atoms with van der Waals surface area (Å²) in [6.45, 7) is 2.90. The number of hydrogen-bond acceptors (Lipinski definition) is 4. The third-order valence-electron chi connectivity index (χ3n) is 4.46. The van der Waals surface area contributed by atoms with Crippen LogP contribution >= 0.6 is 0 Å². The third-order valence-corrected chi connectivity index (χ3v) is 4.46. The summed E-state index contributed by atoms with van der Waals surface area (Å²) in [5.41, 5.74) is 0.265. The Morgan fingerprint density at radius 3 is 1.94 bits per heavy atom. The zero-order valence-corrected chi connectivity index (χ0v) is 19.8. The van der Waals surface area contributed by atoms with Gasteiger partial charge in [-0.2, -0.15) is 0 Å². The van der Waals surface area contributed by atoms with Crippen LogP contribution in [0.15, 0.2) is 79.4 Å². The zero-order valence-electron chi connectivity index (χ0n) is 19.8. The molecule has 0 spiro atoms. The van der Waals surface area contributed by atoms with Gasteiger partial charge < -0.3 is 10.6 Å². The van der Waals surface area contributed by atoms with E-state index in [4.69, 9.17) is 0 Å². The van der Waals surface area contributed by atoms with Gasteiger partial charge in [0, 0.05) is 31.9 Å². The molecule has 0 aliphatic rings. The van der Waals surface area contributed by atoms with Crippen LogP contribution in [0.4, 0.5) is 0 Å². The molecule has 0 aliphatic heterocycles. The van der Waals surface area contributed by atoms with Gasteiger partial charge in [0.1, 0.15) is 5.69 Å². The van der Waals surface area contributed by atoms with E-state index < -0.39 is 0 Å². The fraction of sp³-hybridized carbons (Fsp3) is 0.407. The Hall–Kier alpha value is -3.28. The molecule has 1 aromatic rings. The number of unbranched alkanes of at least 4 members (excludes halogenated alkanes) is 1.